The smallest absolute Gasteiger partial charge is 0.408 e. The van der Waals surface area contributed by atoms with Gasteiger partial charge in [0.25, 0.3) is 0 Å². The third-order valence-corrected chi connectivity index (χ3v) is 2.90. The zero-order valence-corrected chi connectivity index (χ0v) is 14.7. The van der Waals surface area contributed by atoms with Crippen molar-refractivity contribution in [2.45, 2.75) is 38.8 Å². The van der Waals surface area contributed by atoms with Crippen molar-refractivity contribution in [3.63, 3.8) is 0 Å². The molecule has 0 saturated heterocycles. The van der Waals surface area contributed by atoms with Gasteiger partial charge in [-0.25, -0.2) is 14.4 Å². The number of alkyl carbamates (subject to hydrolysis) is 1. The predicted molar refractivity (Wildman–Crippen MR) is 88.5 cm³/mol. The molecule has 0 heterocycles. The van der Waals surface area contributed by atoms with Crippen LogP contribution in [0.4, 0.5) is 4.79 Å². The van der Waals surface area contributed by atoms with Crippen LogP contribution in [0.25, 0.3) is 0 Å². The summed E-state index contributed by atoms with van der Waals surface area (Å²) in [6.07, 6.45) is -0.533. The standard InChI is InChI=1S/C17H23NO7/c1-17(2,3)25-16(22)18-13(15(21)23-4)9-11-5-7-12(8-6-11)24-10-14(19)20/h5-8,13H,9-10H2,1-4H3,(H,18,22)(H,19,20). The lowest BCUT2D eigenvalue weighted by molar-refractivity contribution is -0.143. The number of nitrogens with one attached hydrogen (secondary N) is 1. The summed E-state index contributed by atoms with van der Waals surface area (Å²) < 4.78 is 14.9. The predicted octanol–water partition coefficient (Wildman–Crippen LogP) is 1.76. The SMILES string of the molecule is COC(=O)C(Cc1ccc(OCC(=O)O)cc1)NC(=O)OC(C)(C)C. The first-order valence-electron chi connectivity index (χ1n) is 7.61. The Balaban J connectivity index is 2.73. The third kappa shape index (κ3) is 8.05. The summed E-state index contributed by atoms with van der Waals surface area (Å²) in [6.45, 7) is 4.71. The first-order valence-corrected chi connectivity index (χ1v) is 7.61. The van der Waals surface area contributed by atoms with Crippen molar-refractivity contribution >= 4 is 18.0 Å². The van der Waals surface area contributed by atoms with E-state index in [2.05, 4.69) is 5.32 Å². The van der Waals surface area contributed by atoms with Crippen LogP contribution in [-0.2, 0) is 25.5 Å². The second-order valence-corrected chi connectivity index (χ2v) is 6.25. The van der Waals surface area contributed by atoms with Crippen LogP contribution in [0.3, 0.4) is 0 Å². The van der Waals surface area contributed by atoms with E-state index in [0.717, 1.165) is 5.56 Å². The van der Waals surface area contributed by atoms with Crippen molar-refractivity contribution in [3.8, 4) is 5.75 Å². The monoisotopic (exact) mass is 353 g/mol. The molecule has 0 fully saturated rings. The van der Waals surface area contributed by atoms with Crippen molar-refractivity contribution < 1.29 is 33.7 Å². The summed E-state index contributed by atoms with van der Waals surface area (Å²) in [5.74, 6) is -1.28. The maximum atomic E-state index is 11.9. The van der Waals surface area contributed by atoms with E-state index in [9.17, 15) is 14.4 Å². The van der Waals surface area contributed by atoms with Gasteiger partial charge in [0.15, 0.2) is 6.61 Å². The number of carboxylic acid groups (broad SMARTS) is 1. The van der Waals surface area contributed by atoms with Crippen LogP contribution in [0, 0.1) is 0 Å². The van der Waals surface area contributed by atoms with Gasteiger partial charge in [-0.05, 0) is 38.5 Å². The summed E-state index contributed by atoms with van der Waals surface area (Å²) in [4.78, 5) is 34.2. The molecule has 138 valence electrons. The Bertz CT molecular complexity index is 604. The minimum Gasteiger partial charge on any atom is -0.482 e. The Labute approximate surface area is 146 Å². The van der Waals surface area contributed by atoms with Crippen LogP contribution in [0.1, 0.15) is 26.3 Å². The zero-order chi connectivity index (χ0) is 19.0. The molecular formula is C17H23NO7. The molecule has 8 nitrogen and oxygen atoms in total. The average Bonchev–Trinajstić information content (AvgIpc) is 2.51. The van der Waals surface area contributed by atoms with Gasteiger partial charge in [0.2, 0.25) is 0 Å². The number of ether oxygens (including phenoxy) is 3. The molecule has 1 rings (SSSR count). The van der Waals surface area contributed by atoms with E-state index in [1.54, 1.807) is 45.0 Å². The zero-order valence-electron chi connectivity index (χ0n) is 14.7. The highest BCUT2D eigenvalue weighted by atomic mass is 16.6. The van der Waals surface area contributed by atoms with Crippen molar-refractivity contribution in [3.05, 3.63) is 29.8 Å². The molecule has 0 aliphatic rings. The summed E-state index contributed by atoms with van der Waals surface area (Å²) >= 11 is 0. The Morgan fingerprint density at radius 1 is 1.16 bits per heavy atom. The number of amides is 1. The summed E-state index contributed by atoms with van der Waals surface area (Å²) in [7, 11) is 1.23. The first-order chi connectivity index (χ1) is 11.6. The average molecular weight is 353 g/mol. The van der Waals surface area contributed by atoms with E-state index in [-0.39, 0.29) is 6.42 Å². The fraction of sp³-hybridized carbons (Fsp3) is 0.471. The van der Waals surface area contributed by atoms with Crippen LogP contribution in [0.5, 0.6) is 5.75 Å². The summed E-state index contributed by atoms with van der Waals surface area (Å²) in [6, 6.07) is 5.60. The number of carbonyl (C=O) groups is 3. The molecule has 0 radical (unpaired) electrons. The Morgan fingerprint density at radius 3 is 2.24 bits per heavy atom. The largest absolute Gasteiger partial charge is 0.482 e. The molecule has 0 aliphatic heterocycles. The minimum atomic E-state index is -1.07. The number of carboxylic acids is 1. The molecule has 25 heavy (non-hydrogen) atoms. The van der Waals surface area contributed by atoms with E-state index >= 15 is 0 Å². The highest BCUT2D eigenvalue weighted by Gasteiger charge is 2.25. The van der Waals surface area contributed by atoms with Crippen molar-refractivity contribution in [2.24, 2.45) is 0 Å². The lowest BCUT2D eigenvalue weighted by Crippen LogP contribution is -2.45. The van der Waals surface area contributed by atoms with E-state index in [4.69, 9.17) is 19.3 Å². The quantitative estimate of drug-likeness (QED) is 0.718. The van der Waals surface area contributed by atoms with Gasteiger partial charge in [-0.15, -0.1) is 0 Å². The number of rotatable bonds is 7. The summed E-state index contributed by atoms with van der Waals surface area (Å²) in [5.41, 5.74) is 0.0441. The highest BCUT2D eigenvalue weighted by molar-refractivity contribution is 5.81. The normalized spacial score (nSPS) is 12.0. The number of hydrogen-bond donors (Lipinski definition) is 2. The molecule has 0 spiro atoms. The molecule has 0 aliphatic carbocycles. The van der Waals surface area contributed by atoms with Gasteiger partial charge in [0.1, 0.15) is 17.4 Å². The van der Waals surface area contributed by atoms with E-state index in [1.807, 2.05) is 0 Å². The Kier molecular flexibility index (Phi) is 7.22. The topological polar surface area (TPSA) is 111 Å². The molecule has 0 aromatic heterocycles. The number of esters is 1. The van der Waals surface area contributed by atoms with Crippen LogP contribution in [-0.4, -0.2) is 48.5 Å². The fourth-order valence-electron chi connectivity index (χ4n) is 1.89. The maximum absolute atomic E-state index is 11.9. The lowest BCUT2D eigenvalue weighted by atomic mass is 10.1. The third-order valence-electron chi connectivity index (χ3n) is 2.90. The molecule has 1 amide bonds. The van der Waals surface area contributed by atoms with Crippen molar-refractivity contribution in [1.82, 2.24) is 5.32 Å². The molecule has 0 saturated carbocycles. The van der Waals surface area contributed by atoms with E-state index < -0.39 is 36.3 Å². The van der Waals surface area contributed by atoms with Crippen LogP contribution >= 0.6 is 0 Å². The van der Waals surface area contributed by atoms with Gasteiger partial charge in [-0.3, -0.25) is 0 Å². The Hall–Kier alpha value is -2.77. The van der Waals surface area contributed by atoms with Crippen LogP contribution in [0.15, 0.2) is 24.3 Å². The molecule has 1 unspecified atom stereocenters. The van der Waals surface area contributed by atoms with Gasteiger partial charge < -0.3 is 24.6 Å². The van der Waals surface area contributed by atoms with Gasteiger partial charge in [0, 0.05) is 6.42 Å². The number of benzene rings is 1. The van der Waals surface area contributed by atoms with E-state index in [1.165, 1.54) is 7.11 Å². The van der Waals surface area contributed by atoms with Crippen molar-refractivity contribution in [2.75, 3.05) is 13.7 Å². The van der Waals surface area contributed by atoms with Crippen molar-refractivity contribution in [1.29, 1.82) is 0 Å². The summed E-state index contributed by atoms with van der Waals surface area (Å²) in [5, 5.41) is 11.1. The molecule has 0 bridgehead atoms. The van der Waals surface area contributed by atoms with Crippen LogP contribution < -0.4 is 10.1 Å². The van der Waals surface area contributed by atoms with Gasteiger partial charge in [-0.2, -0.15) is 0 Å². The second-order valence-electron chi connectivity index (χ2n) is 6.25. The molecule has 2 N–H and O–H groups in total. The second kappa shape index (κ2) is 8.91. The number of carbonyl (C=O) groups excluding carboxylic acids is 2. The number of hydrogen-bond acceptors (Lipinski definition) is 6. The molecular weight excluding hydrogens is 330 g/mol. The number of methoxy groups -OCH3 is 1. The van der Waals surface area contributed by atoms with Crippen LogP contribution in [0.2, 0.25) is 0 Å². The highest BCUT2D eigenvalue weighted by Crippen LogP contribution is 2.14. The fourth-order valence-corrected chi connectivity index (χ4v) is 1.89. The Morgan fingerprint density at radius 2 is 1.76 bits per heavy atom. The first kappa shape index (κ1) is 20.3. The molecule has 1 aromatic rings. The number of aliphatic carboxylic acids is 1. The lowest BCUT2D eigenvalue weighted by Gasteiger charge is -2.22. The molecule has 1 atom stereocenters. The van der Waals surface area contributed by atoms with E-state index in [0.29, 0.717) is 5.75 Å². The van der Waals surface area contributed by atoms with Gasteiger partial charge in [-0.1, -0.05) is 12.1 Å². The minimum absolute atomic E-state index is 0.186. The molecule has 1 aromatic carbocycles. The van der Waals surface area contributed by atoms with Gasteiger partial charge in [0.05, 0.1) is 7.11 Å². The van der Waals surface area contributed by atoms with Gasteiger partial charge >= 0.3 is 18.0 Å². The maximum Gasteiger partial charge on any atom is 0.408 e. The molecule has 8 heteroatoms.